The number of hydrogen-bond acceptors (Lipinski definition) is 7. The zero-order valence-corrected chi connectivity index (χ0v) is 20.3. The van der Waals surface area contributed by atoms with Gasteiger partial charge in [0.15, 0.2) is 0 Å². The summed E-state index contributed by atoms with van der Waals surface area (Å²) in [4.78, 5) is 23.9. The molecule has 0 aliphatic carbocycles. The number of benzene rings is 1. The predicted octanol–water partition coefficient (Wildman–Crippen LogP) is 5.10. The molecule has 0 saturated carbocycles. The fraction of sp³-hybridized carbons (Fsp3) is 0.227. The van der Waals surface area contributed by atoms with Crippen molar-refractivity contribution >= 4 is 40.2 Å². The van der Waals surface area contributed by atoms with Crippen LogP contribution in [0.3, 0.4) is 0 Å². The average molecular weight is 489 g/mol. The van der Waals surface area contributed by atoms with Gasteiger partial charge in [0.05, 0.1) is 29.1 Å². The molecule has 1 N–H and O–H groups in total. The maximum Gasteiger partial charge on any atom is 0.264 e. The van der Waals surface area contributed by atoms with Gasteiger partial charge in [-0.25, -0.2) is 9.97 Å². The van der Waals surface area contributed by atoms with E-state index in [4.69, 9.17) is 21.1 Å². The molecule has 7 nitrogen and oxygen atoms in total. The second-order valence-electron chi connectivity index (χ2n) is 6.99. The normalized spacial score (nSPS) is 11.9. The third kappa shape index (κ3) is 4.50. The van der Waals surface area contributed by atoms with E-state index in [1.165, 1.54) is 22.7 Å². The molecule has 1 unspecified atom stereocenters. The molecule has 0 saturated heterocycles. The molecule has 1 aromatic carbocycles. The summed E-state index contributed by atoms with van der Waals surface area (Å²) in [6.45, 7) is 1.83. The lowest BCUT2D eigenvalue weighted by molar-refractivity contribution is 0.0944. The van der Waals surface area contributed by atoms with Crippen molar-refractivity contribution in [3.8, 4) is 21.4 Å². The van der Waals surface area contributed by atoms with Gasteiger partial charge in [-0.3, -0.25) is 4.79 Å². The number of methoxy groups -OCH3 is 2. The number of rotatable bonds is 7. The largest absolute Gasteiger partial charge is 0.497 e. The summed E-state index contributed by atoms with van der Waals surface area (Å²) in [5, 5.41) is 3.89. The van der Waals surface area contributed by atoms with Crippen molar-refractivity contribution in [1.29, 1.82) is 0 Å². The number of hydrogen-bond donors (Lipinski definition) is 1. The first-order chi connectivity index (χ1) is 15.4. The molecule has 0 bridgehead atoms. The van der Waals surface area contributed by atoms with Gasteiger partial charge in [-0.05, 0) is 36.8 Å². The van der Waals surface area contributed by atoms with Crippen molar-refractivity contribution in [2.45, 2.75) is 13.0 Å². The Kier molecular flexibility index (Phi) is 6.50. The Morgan fingerprint density at radius 2 is 1.88 bits per heavy atom. The minimum atomic E-state index is -0.521. The van der Waals surface area contributed by atoms with Crippen LogP contribution in [-0.2, 0) is 7.05 Å². The van der Waals surface area contributed by atoms with Crippen LogP contribution in [0.1, 0.15) is 32.8 Å². The Hall–Kier alpha value is -2.88. The summed E-state index contributed by atoms with van der Waals surface area (Å²) in [6.07, 6.45) is 3.53. The standard InChI is InChI=1S/C22H21ClN4O3S2/c1-12-19(32-22(25-12)16-5-6-17(23)31-16)21(28)26-18(20-24-7-8-27(20)2)13-9-14(29-3)11-15(10-13)30-4/h5-11,18H,1-4H3,(H,26,28). The van der Waals surface area contributed by atoms with Gasteiger partial charge in [0, 0.05) is 25.5 Å². The molecule has 166 valence electrons. The lowest BCUT2D eigenvalue weighted by Gasteiger charge is -2.20. The van der Waals surface area contributed by atoms with Crippen molar-refractivity contribution in [2.75, 3.05) is 14.2 Å². The molecular formula is C22H21ClN4O3S2. The van der Waals surface area contributed by atoms with Crippen LogP contribution in [0.25, 0.3) is 9.88 Å². The molecule has 0 aliphatic rings. The Bertz CT molecular complexity index is 1240. The number of imidazole rings is 1. The smallest absolute Gasteiger partial charge is 0.264 e. The fourth-order valence-corrected chi connectivity index (χ4v) is 5.35. The first-order valence-electron chi connectivity index (χ1n) is 9.63. The topological polar surface area (TPSA) is 78.3 Å². The van der Waals surface area contributed by atoms with Crippen molar-refractivity contribution in [3.05, 3.63) is 69.0 Å². The number of ether oxygens (including phenoxy) is 2. The third-order valence-electron chi connectivity index (χ3n) is 4.89. The van der Waals surface area contributed by atoms with Gasteiger partial charge >= 0.3 is 0 Å². The van der Waals surface area contributed by atoms with E-state index in [0.717, 1.165) is 15.4 Å². The minimum Gasteiger partial charge on any atom is -0.497 e. The Morgan fingerprint density at radius 3 is 2.44 bits per heavy atom. The molecule has 0 aliphatic heterocycles. The van der Waals surface area contributed by atoms with E-state index in [9.17, 15) is 4.79 Å². The monoisotopic (exact) mass is 488 g/mol. The van der Waals surface area contributed by atoms with E-state index < -0.39 is 6.04 Å². The molecule has 10 heteroatoms. The second kappa shape index (κ2) is 9.32. The molecule has 32 heavy (non-hydrogen) atoms. The summed E-state index contributed by atoms with van der Waals surface area (Å²) >= 11 is 8.84. The average Bonchev–Trinajstić information content (AvgIpc) is 3.51. The van der Waals surface area contributed by atoms with Gasteiger partial charge in [-0.15, -0.1) is 22.7 Å². The maximum atomic E-state index is 13.4. The number of amides is 1. The summed E-state index contributed by atoms with van der Waals surface area (Å²) in [6, 6.07) is 8.72. The number of aryl methyl sites for hydroxylation is 2. The summed E-state index contributed by atoms with van der Waals surface area (Å²) in [5.74, 6) is 1.70. The lowest BCUT2D eigenvalue weighted by atomic mass is 10.0. The molecule has 1 amide bonds. The van der Waals surface area contributed by atoms with E-state index >= 15 is 0 Å². The molecule has 4 aromatic rings. The molecule has 3 aromatic heterocycles. The molecule has 1 atom stereocenters. The Labute approximate surface area is 198 Å². The van der Waals surface area contributed by atoms with E-state index in [1.807, 2.05) is 49.0 Å². The zero-order valence-electron chi connectivity index (χ0n) is 17.9. The maximum absolute atomic E-state index is 13.4. The van der Waals surface area contributed by atoms with Crippen LogP contribution in [0.4, 0.5) is 0 Å². The van der Waals surface area contributed by atoms with Crippen LogP contribution in [0, 0.1) is 6.92 Å². The summed E-state index contributed by atoms with van der Waals surface area (Å²) < 4.78 is 13.4. The van der Waals surface area contributed by atoms with E-state index in [2.05, 4.69) is 15.3 Å². The molecule has 0 fully saturated rings. The van der Waals surface area contributed by atoms with Gasteiger partial charge in [0.25, 0.3) is 5.91 Å². The highest BCUT2D eigenvalue weighted by molar-refractivity contribution is 7.24. The van der Waals surface area contributed by atoms with Crippen LogP contribution < -0.4 is 14.8 Å². The quantitative estimate of drug-likeness (QED) is 0.391. The Balaban J connectivity index is 1.71. The highest BCUT2D eigenvalue weighted by Gasteiger charge is 2.25. The van der Waals surface area contributed by atoms with Crippen LogP contribution in [-0.4, -0.2) is 34.7 Å². The third-order valence-corrected chi connectivity index (χ3v) is 7.44. The SMILES string of the molecule is COc1cc(OC)cc(C(NC(=O)c2sc(-c3ccc(Cl)s3)nc2C)c2nccn2C)c1. The predicted molar refractivity (Wildman–Crippen MR) is 127 cm³/mol. The van der Waals surface area contributed by atoms with Crippen LogP contribution in [0.5, 0.6) is 11.5 Å². The number of halogens is 1. The van der Waals surface area contributed by atoms with Crippen LogP contribution in [0.2, 0.25) is 4.34 Å². The van der Waals surface area contributed by atoms with Gasteiger partial charge in [-0.2, -0.15) is 0 Å². The molecule has 3 heterocycles. The minimum absolute atomic E-state index is 0.233. The number of carbonyl (C=O) groups is 1. The highest BCUT2D eigenvalue weighted by atomic mass is 35.5. The van der Waals surface area contributed by atoms with E-state index in [1.54, 1.807) is 26.5 Å². The van der Waals surface area contributed by atoms with Crippen LogP contribution >= 0.6 is 34.3 Å². The van der Waals surface area contributed by atoms with E-state index in [-0.39, 0.29) is 5.91 Å². The summed E-state index contributed by atoms with van der Waals surface area (Å²) in [5.41, 5.74) is 1.45. The molecule has 4 rings (SSSR count). The molecular weight excluding hydrogens is 468 g/mol. The fourth-order valence-electron chi connectivity index (χ4n) is 3.29. The van der Waals surface area contributed by atoms with Crippen molar-refractivity contribution in [3.63, 3.8) is 0 Å². The zero-order chi connectivity index (χ0) is 22.8. The lowest BCUT2D eigenvalue weighted by Crippen LogP contribution is -2.31. The number of thiazole rings is 1. The first-order valence-corrected chi connectivity index (χ1v) is 11.6. The van der Waals surface area contributed by atoms with Crippen molar-refractivity contribution < 1.29 is 14.3 Å². The van der Waals surface area contributed by atoms with Crippen LogP contribution in [0.15, 0.2) is 42.7 Å². The number of nitrogens with one attached hydrogen (secondary N) is 1. The first kappa shape index (κ1) is 22.3. The molecule has 0 radical (unpaired) electrons. The van der Waals surface area contributed by atoms with Gasteiger partial charge < -0.3 is 19.4 Å². The van der Waals surface area contributed by atoms with Gasteiger partial charge in [0.2, 0.25) is 0 Å². The Morgan fingerprint density at radius 1 is 1.16 bits per heavy atom. The number of aromatic nitrogens is 3. The van der Waals surface area contributed by atoms with Gasteiger partial charge in [0.1, 0.15) is 33.3 Å². The van der Waals surface area contributed by atoms with Crippen molar-refractivity contribution in [1.82, 2.24) is 19.9 Å². The van der Waals surface area contributed by atoms with Crippen molar-refractivity contribution in [2.24, 2.45) is 7.05 Å². The second-order valence-corrected chi connectivity index (χ2v) is 9.70. The van der Waals surface area contributed by atoms with E-state index in [0.29, 0.717) is 32.2 Å². The highest BCUT2D eigenvalue weighted by Crippen LogP contribution is 2.35. The number of carbonyl (C=O) groups excluding carboxylic acids is 1. The number of nitrogens with zero attached hydrogens (tertiary/aromatic N) is 3. The summed E-state index contributed by atoms with van der Waals surface area (Å²) in [7, 11) is 5.06. The molecule has 0 spiro atoms. The number of thiophene rings is 1. The van der Waals surface area contributed by atoms with Gasteiger partial charge in [-0.1, -0.05) is 11.6 Å².